The van der Waals surface area contributed by atoms with Crippen molar-refractivity contribution in [1.29, 1.82) is 0 Å². The third kappa shape index (κ3) is 5.40. The van der Waals surface area contributed by atoms with E-state index >= 15 is 0 Å². The molecule has 0 heteroatoms. The molecule has 0 saturated carbocycles. The molecule has 10 aromatic rings. The first-order valence-corrected chi connectivity index (χ1v) is 18.7. The zero-order valence-corrected chi connectivity index (χ0v) is 29.8. The molecular formula is C54H36. The van der Waals surface area contributed by atoms with Crippen molar-refractivity contribution < 1.29 is 0 Å². The smallest absolute Gasteiger partial charge is 0.00261 e. The van der Waals surface area contributed by atoms with E-state index in [-0.39, 0.29) is 0 Å². The Bertz CT molecular complexity index is 2900. The Balaban J connectivity index is 1.29. The number of rotatable bonds is 6. The van der Waals surface area contributed by atoms with Crippen molar-refractivity contribution in [1.82, 2.24) is 0 Å². The van der Waals surface area contributed by atoms with E-state index in [4.69, 9.17) is 0 Å². The highest BCUT2D eigenvalue weighted by Gasteiger charge is 2.20. The van der Waals surface area contributed by atoms with Crippen molar-refractivity contribution in [2.24, 2.45) is 0 Å². The van der Waals surface area contributed by atoms with Crippen LogP contribution in [0.1, 0.15) is 0 Å². The number of benzene rings is 10. The van der Waals surface area contributed by atoms with Crippen LogP contribution in [0.3, 0.4) is 0 Å². The fraction of sp³-hybridized carbons (Fsp3) is 0. The summed E-state index contributed by atoms with van der Waals surface area (Å²) in [6, 6.07) is 79.7. The third-order valence-corrected chi connectivity index (χ3v) is 10.9. The first kappa shape index (κ1) is 31.7. The Morgan fingerprint density at radius 3 is 0.981 bits per heavy atom. The second-order valence-corrected chi connectivity index (χ2v) is 14.0. The van der Waals surface area contributed by atoms with Gasteiger partial charge in [-0.25, -0.2) is 0 Å². The lowest BCUT2D eigenvalue weighted by Crippen LogP contribution is -1.93. The zero-order valence-electron chi connectivity index (χ0n) is 29.8. The Morgan fingerprint density at radius 1 is 0.167 bits per heavy atom. The summed E-state index contributed by atoms with van der Waals surface area (Å²) >= 11 is 0. The van der Waals surface area contributed by atoms with Gasteiger partial charge in [-0.05, 0) is 105 Å². The normalized spacial score (nSPS) is 11.3. The largest absolute Gasteiger partial charge is 0.0622 e. The highest BCUT2D eigenvalue weighted by Crippen LogP contribution is 2.47. The molecule has 54 heavy (non-hydrogen) atoms. The molecule has 252 valence electrons. The van der Waals surface area contributed by atoms with E-state index in [0.29, 0.717) is 0 Å². The van der Waals surface area contributed by atoms with Gasteiger partial charge in [-0.15, -0.1) is 0 Å². The van der Waals surface area contributed by atoms with Gasteiger partial charge in [-0.2, -0.15) is 0 Å². The molecule has 0 spiro atoms. The molecule has 0 aromatic heterocycles. The van der Waals surface area contributed by atoms with Gasteiger partial charge in [0.15, 0.2) is 0 Å². The van der Waals surface area contributed by atoms with Gasteiger partial charge in [0.05, 0.1) is 0 Å². The van der Waals surface area contributed by atoms with Crippen molar-refractivity contribution >= 4 is 32.3 Å². The minimum atomic E-state index is 1.21. The van der Waals surface area contributed by atoms with Crippen LogP contribution in [0.5, 0.6) is 0 Å². The number of hydrogen-bond donors (Lipinski definition) is 0. The summed E-state index contributed by atoms with van der Waals surface area (Å²) in [6.07, 6.45) is 0. The van der Waals surface area contributed by atoms with Gasteiger partial charge < -0.3 is 0 Å². The SMILES string of the molecule is c1ccc(-c2ccccc2-c2ccc(-c3ccccc3-c3ccccc3)c3cc(-c4c5ccccc5c(-c5ccccc5)c5ccccc45)ccc23)cc1. The quantitative estimate of drug-likeness (QED) is 0.153. The molecule has 0 radical (unpaired) electrons. The van der Waals surface area contributed by atoms with Crippen molar-refractivity contribution in [2.45, 2.75) is 0 Å². The molecule has 0 atom stereocenters. The standard InChI is InChI=1S/C54H36/c1-4-18-37(19-5-1)41-24-10-12-26-43(41)45-34-35-47(44-27-13-11-25-42(44)38-20-6-2-7-21-38)52-36-40(32-33-46(45)52)54-50-30-16-14-28-48(50)53(39-22-8-3-9-23-39)49-29-15-17-31-51(49)54/h1-36H. The first-order chi connectivity index (χ1) is 26.8. The van der Waals surface area contributed by atoms with E-state index in [2.05, 4.69) is 218 Å². The molecule has 0 nitrogen and oxygen atoms in total. The third-order valence-electron chi connectivity index (χ3n) is 10.9. The van der Waals surface area contributed by atoms with Crippen LogP contribution in [0.25, 0.3) is 99.1 Å². The van der Waals surface area contributed by atoms with Gasteiger partial charge in [0, 0.05) is 0 Å². The summed E-state index contributed by atoms with van der Waals surface area (Å²) in [5.74, 6) is 0. The molecule has 10 rings (SSSR count). The fourth-order valence-corrected chi connectivity index (χ4v) is 8.50. The maximum atomic E-state index is 2.46. The van der Waals surface area contributed by atoms with Gasteiger partial charge in [-0.3, -0.25) is 0 Å². The van der Waals surface area contributed by atoms with Crippen LogP contribution in [-0.4, -0.2) is 0 Å². The summed E-state index contributed by atoms with van der Waals surface area (Å²) in [5, 5.41) is 7.50. The zero-order chi connectivity index (χ0) is 35.8. The maximum absolute atomic E-state index is 2.46. The van der Waals surface area contributed by atoms with Crippen LogP contribution in [0.15, 0.2) is 218 Å². The van der Waals surface area contributed by atoms with Gasteiger partial charge in [0.25, 0.3) is 0 Å². The minimum absolute atomic E-state index is 1.21. The topological polar surface area (TPSA) is 0 Å². The minimum Gasteiger partial charge on any atom is -0.0622 e. The summed E-state index contributed by atoms with van der Waals surface area (Å²) in [7, 11) is 0. The predicted octanol–water partition coefficient (Wildman–Crippen LogP) is 15.1. The van der Waals surface area contributed by atoms with Gasteiger partial charge in [0.2, 0.25) is 0 Å². The molecule has 0 bridgehead atoms. The lowest BCUT2D eigenvalue weighted by atomic mass is 9.83. The molecule has 0 fully saturated rings. The van der Waals surface area contributed by atoms with Crippen molar-refractivity contribution in [3.8, 4) is 66.8 Å². The maximum Gasteiger partial charge on any atom is -0.00261 e. The second-order valence-electron chi connectivity index (χ2n) is 14.0. The Morgan fingerprint density at radius 2 is 0.519 bits per heavy atom. The summed E-state index contributed by atoms with van der Waals surface area (Å²) in [4.78, 5) is 0. The van der Waals surface area contributed by atoms with Crippen molar-refractivity contribution in [3.05, 3.63) is 218 Å². The van der Waals surface area contributed by atoms with Crippen LogP contribution < -0.4 is 0 Å². The second kappa shape index (κ2) is 13.5. The van der Waals surface area contributed by atoms with Crippen LogP contribution in [0.2, 0.25) is 0 Å². The van der Waals surface area contributed by atoms with Gasteiger partial charge >= 0.3 is 0 Å². The lowest BCUT2D eigenvalue weighted by molar-refractivity contribution is 1.58. The average Bonchev–Trinajstić information content (AvgIpc) is 3.26. The van der Waals surface area contributed by atoms with E-state index in [9.17, 15) is 0 Å². The Labute approximate surface area is 316 Å². The highest BCUT2D eigenvalue weighted by atomic mass is 14.2. The van der Waals surface area contributed by atoms with Crippen LogP contribution in [-0.2, 0) is 0 Å². The molecule has 10 aromatic carbocycles. The van der Waals surface area contributed by atoms with E-state index in [0.717, 1.165) is 0 Å². The average molecular weight is 685 g/mol. The van der Waals surface area contributed by atoms with Crippen molar-refractivity contribution in [3.63, 3.8) is 0 Å². The molecule has 0 aliphatic rings. The van der Waals surface area contributed by atoms with Crippen LogP contribution in [0.4, 0.5) is 0 Å². The van der Waals surface area contributed by atoms with E-state index < -0.39 is 0 Å². The molecule has 0 amide bonds. The van der Waals surface area contributed by atoms with Crippen molar-refractivity contribution in [2.75, 3.05) is 0 Å². The predicted molar refractivity (Wildman–Crippen MR) is 232 cm³/mol. The summed E-state index contributed by atoms with van der Waals surface area (Å²) < 4.78 is 0. The van der Waals surface area contributed by atoms with Crippen LogP contribution >= 0.6 is 0 Å². The monoisotopic (exact) mass is 684 g/mol. The molecule has 0 heterocycles. The summed E-state index contributed by atoms with van der Waals surface area (Å²) in [5.41, 5.74) is 14.8. The van der Waals surface area contributed by atoms with E-state index in [1.54, 1.807) is 0 Å². The van der Waals surface area contributed by atoms with E-state index in [1.807, 2.05) is 0 Å². The Hall–Kier alpha value is -7.02. The van der Waals surface area contributed by atoms with Crippen LogP contribution in [0, 0.1) is 0 Å². The molecule has 0 saturated heterocycles. The van der Waals surface area contributed by atoms with Gasteiger partial charge in [-0.1, -0.05) is 212 Å². The molecule has 0 aliphatic carbocycles. The number of hydrogen-bond acceptors (Lipinski definition) is 0. The van der Waals surface area contributed by atoms with Gasteiger partial charge in [0.1, 0.15) is 0 Å². The highest BCUT2D eigenvalue weighted by molar-refractivity contribution is 6.22. The number of fused-ring (bicyclic) bond motifs is 3. The molecule has 0 N–H and O–H groups in total. The lowest BCUT2D eigenvalue weighted by Gasteiger charge is -2.20. The van der Waals surface area contributed by atoms with E-state index in [1.165, 1.54) is 99.1 Å². The fourth-order valence-electron chi connectivity index (χ4n) is 8.50. The molecule has 0 aliphatic heterocycles. The molecule has 0 unspecified atom stereocenters. The Kier molecular flexibility index (Phi) is 7.93. The first-order valence-electron chi connectivity index (χ1n) is 18.7. The summed E-state index contributed by atoms with van der Waals surface area (Å²) in [6.45, 7) is 0. The molecular weight excluding hydrogens is 649 g/mol.